The summed E-state index contributed by atoms with van der Waals surface area (Å²) in [4.78, 5) is 18.3. The Kier molecular flexibility index (Phi) is 4.39. The molecule has 22 heavy (non-hydrogen) atoms. The third kappa shape index (κ3) is 3.28. The number of halogens is 2. The van der Waals surface area contributed by atoms with Crippen molar-refractivity contribution >= 4 is 17.5 Å². The van der Waals surface area contributed by atoms with Crippen LogP contribution in [0.3, 0.4) is 0 Å². The Balaban J connectivity index is 1.67. The summed E-state index contributed by atoms with van der Waals surface area (Å²) in [5.74, 6) is -0.238. The molecule has 1 amide bonds. The number of carbonyl (C=O) groups is 1. The Hall–Kier alpha value is -1.94. The summed E-state index contributed by atoms with van der Waals surface area (Å²) < 4.78 is 13.3. The van der Waals surface area contributed by atoms with E-state index in [2.05, 4.69) is 4.98 Å². The van der Waals surface area contributed by atoms with Gasteiger partial charge in [0.05, 0.1) is 10.6 Å². The number of benzene rings is 1. The lowest BCUT2D eigenvalue weighted by atomic mass is 10.00. The summed E-state index contributed by atoms with van der Waals surface area (Å²) in [7, 11) is 0. The van der Waals surface area contributed by atoms with E-state index < -0.39 is 5.82 Å². The minimum atomic E-state index is -0.446. The highest BCUT2D eigenvalue weighted by Gasteiger charge is 2.28. The highest BCUT2D eigenvalue weighted by atomic mass is 35.5. The van der Waals surface area contributed by atoms with E-state index in [0.717, 1.165) is 12.8 Å². The van der Waals surface area contributed by atoms with Gasteiger partial charge in [0.25, 0.3) is 5.91 Å². The van der Waals surface area contributed by atoms with Crippen molar-refractivity contribution in [3.05, 3.63) is 64.7 Å². The van der Waals surface area contributed by atoms with Crippen LogP contribution in [0.25, 0.3) is 0 Å². The molecule has 1 aromatic carbocycles. The van der Waals surface area contributed by atoms with Crippen molar-refractivity contribution < 1.29 is 9.18 Å². The monoisotopic (exact) mass is 318 g/mol. The lowest BCUT2D eigenvalue weighted by molar-refractivity contribution is 0.0787. The quantitative estimate of drug-likeness (QED) is 0.866. The highest BCUT2D eigenvalue weighted by Crippen LogP contribution is 2.25. The second kappa shape index (κ2) is 6.44. The maximum absolute atomic E-state index is 13.3. The lowest BCUT2D eigenvalue weighted by Crippen LogP contribution is -2.29. The zero-order chi connectivity index (χ0) is 15.5. The van der Waals surface area contributed by atoms with Gasteiger partial charge in [-0.05, 0) is 48.6 Å². The van der Waals surface area contributed by atoms with Gasteiger partial charge in [-0.25, -0.2) is 4.39 Å². The molecule has 114 valence electrons. The van der Waals surface area contributed by atoms with Crippen molar-refractivity contribution in [2.75, 3.05) is 13.1 Å². The van der Waals surface area contributed by atoms with Crippen LogP contribution in [-0.2, 0) is 6.42 Å². The number of rotatable bonds is 3. The Bertz CT molecular complexity index is 678. The minimum Gasteiger partial charge on any atom is -0.338 e. The SMILES string of the molecule is O=C(c1cc(F)ccc1Cl)N1CCC(Cc2cccnc2)C1. The average Bonchev–Trinajstić information content (AvgIpc) is 2.98. The molecule has 1 unspecified atom stereocenters. The van der Waals surface area contributed by atoms with Crippen molar-refractivity contribution in [3.63, 3.8) is 0 Å². The summed E-state index contributed by atoms with van der Waals surface area (Å²) in [6.07, 6.45) is 5.44. The zero-order valence-corrected chi connectivity index (χ0v) is 12.8. The second-order valence-corrected chi connectivity index (χ2v) is 6.00. The molecule has 5 heteroatoms. The molecule has 3 nitrogen and oxygen atoms in total. The Morgan fingerprint density at radius 1 is 1.41 bits per heavy atom. The van der Waals surface area contributed by atoms with Gasteiger partial charge in [0.15, 0.2) is 0 Å². The van der Waals surface area contributed by atoms with Crippen LogP contribution in [0.15, 0.2) is 42.7 Å². The van der Waals surface area contributed by atoms with Crippen LogP contribution < -0.4 is 0 Å². The molecular weight excluding hydrogens is 303 g/mol. The normalized spacial score (nSPS) is 17.7. The van der Waals surface area contributed by atoms with Gasteiger partial charge >= 0.3 is 0 Å². The number of pyridine rings is 1. The standard InChI is InChI=1S/C17H16ClFN2O/c18-16-4-3-14(19)9-15(16)17(22)21-7-5-13(11-21)8-12-2-1-6-20-10-12/h1-4,6,9-10,13H,5,7-8,11H2. The summed E-state index contributed by atoms with van der Waals surface area (Å²) >= 11 is 6.01. The first-order chi connectivity index (χ1) is 10.6. The first-order valence-electron chi connectivity index (χ1n) is 7.26. The molecule has 1 aliphatic rings. The van der Waals surface area contributed by atoms with E-state index in [1.807, 2.05) is 18.3 Å². The van der Waals surface area contributed by atoms with Crippen molar-refractivity contribution in [1.82, 2.24) is 9.88 Å². The fourth-order valence-electron chi connectivity index (χ4n) is 2.87. The molecule has 1 atom stereocenters. The molecule has 0 saturated carbocycles. The minimum absolute atomic E-state index is 0.196. The van der Waals surface area contributed by atoms with Crippen LogP contribution in [0.4, 0.5) is 4.39 Å². The van der Waals surface area contributed by atoms with E-state index >= 15 is 0 Å². The van der Waals surface area contributed by atoms with E-state index in [-0.39, 0.29) is 11.5 Å². The third-order valence-corrected chi connectivity index (χ3v) is 4.31. The van der Waals surface area contributed by atoms with E-state index in [0.29, 0.717) is 24.0 Å². The largest absolute Gasteiger partial charge is 0.338 e. The molecule has 2 heterocycles. The number of carbonyl (C=O) groups excluding carboxylic acids is 1. The first-order valence-corrected chi connectivity index (χ1v) is 7.64. The Morgan fingerprint density at radius 2 is 2.27 bits per heavy atom. The van der Waals surface area contributed by atoms with Gasteiger partial charge in [-0.3, -0.25) is 9.78 Å². The lowest BCUT2D eigenvalue weighted by Gasteiger charge is -2.17. The van der Waals surface area contributed by atoms with Gasteiger partial charge < -0.3 is 4.90 Å². The molecule has 1 aromatic heterocycles. The van der Waals surface area contributed by atoms with Gasteiger partial charge in [-0.15, -0.1) is 0 Å². The molecule has 0 N–H and O–H groups in total. The van der Waals surface area contributed by atoms with Crippen molar-refractivity contribution in [2.24, 2.45) is 5.92 Å². The molecule has 0 radical (unpaired) electrons. The van der Waals surface area contributed by atoms with Crippen LogP contribution >= 0.6 is 11.6 Å². The van der Waals surface area contributed by atoms with Gasteiger partial charge in [0.1, 0.15) is 5.82 Å². The highest BCUT2D eigenvalue weighted by molar-refractivity contribution is 6.33. The molecule has 1 saturated heterocycles. The van der Waals surface area contributed by atoms with Crippen LogP contribution in [-0.4, -0.2) is 28.9 Å². The van der Waals surface area contributed by atoms with Crippen LogP contribution in [0.2, 0.25) is 5.02 Å². The van der Waals surface area contributed by atoms with Crippen LogP contribution in [0.1, 0.15) is 22.3 Å². The molecule has 1 fully saturated rings. The maximum Gasteiger partial charge on any atom is 0.255 e. The van der Waals surface area contributed by atoms with Gasteiger partial charge in [0.2, 0.25) is 0 Å². The van der Waals surface area contributed by atoms with Crippen molar-refractivity contribution in [3.8, 4) is 0 Å². The van der Waals surface area contributed by atoms with E-state index in [1.165, 1.54) is 23.8 Å². The van der Waals surface area contributed by atoms with Crippen molar-refractivity contribution in [2.45, 2.75) is 12.8 Å². The fourth-order valence-corrected chi connectivity index (χ4v) is 3.07. The summed E-state index contributed by atoms with van der Waals surface area (Å²) in [6.45, 7) is 1.34. The fraction of sp³-hybridized carbons (Fsp3) is 0.294. The summed E-state index contributed by atoms with van der Waals surface area (Å²) in [5, 5.41) is 0.294. The van der Waals surface area contributed by atoms with Gasteiger partial charge in [-0.2, -0.15) is 0 Å². The van der Waals surface area contributed by atoms with Gasteiger partial charge in [-0.1, -0.05) is 17.7 Å². The van der Waals surface area contributed by atoms with E-state index in [9.17, 15) is 9.18 Å². The number of aromatic nitrogens is 1. The average molecular weight is 319 g/mol. The maximum atomic E-state index is 13.3. The molecule has 3 rings (SSSR count). The predicted octanol–water partition coefficient (Wildman–Crippen LogP) is 3.58. The van der Waals surface area contributed by atoms with Crippen LogP contribution in [0.5, 0.6) is 0 Å². The van der Waals surface area contributed by atoms with Gasteiger partial charge in [0, 0.05) is 25.5 Å². The topological polar surface area (TPSA) is 33.2 Å². The Morgan fingerprint density at radius 3 is 3.05 bits per heavy atom. The Labute approximate surface area is 133 Å². The number of amides is 1. The number of likely N-dealkylation sites (tertiary alicyclic amines) is 1. The van der Waals surface area contributed by atoms with E-state index in [4.69, 9.17) is 11.6 Å². The number of hydrogen-bond acceptors (Lipinski definition) is 2. The smallest absolute Gasteiger partial charge is 0.255 e. The summed E-state index contributed by atoms with van der Waals surface area (Å²) in [5.41, 5.74) is 1.41. The molecule has 2 aromatic rings. The first kappa shape index (κ1) is 15.0. The molecule has 1 aliphatic heterocycles. The number of nitrogens with zero attached hydrogens (tertiary/aromatic N) is 2. The third-order valence-electron chi connectivity index (χ3n) is 3.98. The summed E-state index contributed by atoms with van der Waals surface area (Å²) in [6, 6.07) is 7.85. The van der Waals surface area contributed by atoms with Crippen LogP contribution in [0, 0.1) is 11.7 Å². The van der Waals surface area contributed by atoms with Crippen molar-refractivity contribution in [1.29, 1.82) is 0 Å². The zero-order valence-electron chi connectivity index (χ0n) is 12.0. The predicted molar refractivity (Wildman–Crippen MR) is 83.4 cm³/mol. The molecule has 0 aliphatic carbocycles. The second-order valence-electron chi connectivity index (χ2n) is 5.60. The molecule has 0 bridgehead atoms. The van der Waals surface area contributed by atoms with E-state index in [1.54, 1.807) is 11.1 Å². The molecular formula is C17H16ClFN2O. The number of hydrogen-bond donors (Lipinski definition) is 0. The molecule has 0 spiro atoms.